The van der Waals surface area contributed by atoms with Gasteiger partial charge in [0.05, 0.1) is 5.02 Å². The molecule has 1 saturated heterocycles. The number of carbonyl (C=O) groups excluding carboxylic acids is 1. The van der Waals surface area contributed by atoms with Crippen molar-refractivity contribution >= 4 is 29.9 Å². The third kappa shape index (κ3) is 3.40. The number of piperidine rings is 1. The van der Waals surface area contributed by atoms with E-state index in [1.54, 1.807) is 12.3 Å². The Morgan fingerprint density at radius 1 is 1.56 bits per heavy atom. The molecule has 0 radical (unpaired) electrons. The van der Waals surface area contributed by atoms with Crippen LogP contribution in [0.25, 0.3) is 0 Å². The van der Waals surface area contributed by atoms with Gasteiger partial charge in [-0.1, -0.05) is 11.6 Å². The number of nitrogens with one attached hydrogen (secondary N) is 3. The van der Waals surface area contributed by atoms with E-state index in [0.29, 0.717) is 10.7 Å². The highest BCUT2D eigenvalue weighted by molar-refractivity contribution is 6.30. The highest BCUT2D eigenvalue weighted by atomic mass is 35.5. The molecule has 1 aliphatic heterocycles. The summed E-state index contributed by atoms with van der Waals surface area (Å²) in [7, 11) is 0. The number of amides is 1. The zero-order valence-corrected chi connectivity index (χ0v) is 10.3. The van der Waals surface area contributed by atoms with E-state index >= 15 is 0 Å². The lowest BCUT2D eigenvalue weighted by Crippen LogP contribution is -2.45. The molecule has 0 aromatic carbocycles. The summed E-state index contributed by atoms with van der Waals surface area (Å²) in [5.41, 5.74) is 0.519. The Balaban J connectivity index is 0.00000128. The van der Waals surface area contributed by atoms with Crippen LogP contribution in [-0.4, -0.2) is 30.0 Å². The zero-order chi connectivity index (χ0) is 10.7. The van der Waals surface area contributed by atoms with Gasteiger partial charge in [-0.15, -0.1) is 12.4 Å². The largest absolute Gasteiger partial charge is 0.356 e. The molecule has 0 saturated carbocycles. The van der Waals surface area contributed by atoms with Gasteiger partial charge in [0.15, 0.2) is 0 Å². The maximum Gasteiger partial charge on any atom is 0.268 e. The van der Waals surface area contributed by atoms with Crippen LogP contribution in [0.4, 0.5) is 0 Å². The van der Waals surface area contributed by atoms with Crippen molar-refractivity contribution in [3.05, 3.63) is 23.0 Å². The second kappa shape index (κ2) is 6.13. The van der Waals surface area contributed by atoms with Crippen molar-refractivity contribution in [3.8, 4) is 0 Å². The molecule has 0 unspecified atom stereocenters. The first-order valence-corrected chi connectivity index (χ1v) is 5.49. The van der Waals surface area contributed by atoms with Crippen LogP contribution in [0.3, 0.4) is 0 Å². The van der Waals surface area contributed by atoms with Gasteiger partial charge in [0.1, 0.15) is 5.69 Å². The summed E-state index contributed by atoms with van der Waals surface area (Å²) in [6.07, 6.45) is 3.75. The minimum atomic E-state index is -0.0874. The first kappa shape index (κ1) is 13.4. The van der Waals surface area contributed by atoms with Crippen LogP contribution in [0, 0.1) is 0 Å². The van der Waals surface area contributed by atoms with Gasteiger partial charge in [-0.25, -0.2) is 0 Å². The lowest BCUT2D eigenvalue weighted by atomic mass is 10.1. The van der Waals surface area contributed by atoms with Gasteiger partial charge in [0, 0.05) is 18.8 Å². The molecule has 1 aromatic rings. The fraction of sp³-hybridized carbons (Fsp3) is 0.500. The second-order valence-electron chi connectivity index (χ2n) is 3.75. The minimum absolute atomic E-state index is 0. The summed E-state index contributed by atoms with van der Waals surface area (Å²) in [6.45, 7) is 1.89. The average Bonchev–Trinajstić information content (AvgIpc) is 2.66. The van der Waals surface area contributed by atoms with Gasteiger partial charge >= 0.3 is 0 Å². The number of rotatable bonds is 2. The molecule has 1 amide bonds. The van der Waals surface area contributed by atoms with Crippen LogP contribution >= 0.6 is 24.0 Å². The normalized spacial score (nSPS) is 19.9. The number of aromatic nitrogens is 1. The molecule has 16 heavy (non-hydrogen) atoms. The number of halogens is 2. The fourth-order valence-electron chi connectivity index (χ4n) is 1.74. The summed E-state index contributed by atoms with van der Waals surface area (Å²) in [6, 6.07) is 1.86. The van der Waals surface area contributed by atoms with Crippen LogP contribution in [0.15, 0.2) is 12.3 Å². The molecule has 1 atom stereocenters. The number of hydrogen-bond donors (Lipinski definition) is 3. The molecule has 6 heteroatoms. The maximum absolute atomic E-state index is 11.7. The third-order valence-electron chi connectivity index (χ3n) is 2.52. The number of hydrogen-bond acceptors (Lipinski definition) is 2. The average molecular weight is 264 g/mol. The van der Waals surface area contributed by atoms with Crippen molar-refractivity contribution in [1.82, 2.24) is 15.6 Å². The molecule has 2 rings (SSSR count). The lowest BCUT2D eigenvalue weighted by molar-refractivity contribution is 0.0926. The van der Waals surface area contributed by atoms with Crippen LogP contribution in [0.1, 0.15) is 23.3 Å². The van der Waals surface area contributed by atoms with Crippen LogP contribution in [-0.2, 0) is 0 Å². The molecule has 1 aromatic heterocycles. The van der Waals surface area contributed by atoms with E-state index in [4.69, 9.17) is 11.6 Å². The molecular weight excluding hydrogens is 249 g/mol. The van der Waals surface area contributed by atoms with Crippen molar-refractivity contribution in [3.63, 3.8) is 0 Å². The lowest BCUT2D eigenvalue weighted by Gasteiger charge is -2.23. The Morgan fingerprint density at radius 3 is 2.94 bits per heavy atom. The molecular formula is C10H15Cl2N3O. The second-order valence-corrected chi connectivity index (χ2v) is 4.18. The molecule has 1 aliphatic rings. The molecule has 0 bridgehead atoms. The van der Waals surface area contributed by atoms with Crippen molar-refractivity contribution in [2.45, 2.75) is 18.9 Å². The van der Waals surface area contributed by atoms with Gasteiger partial charge in [-0.2, -0.15) is 0 Å². The van der Waals surface area contributed by atoms with Crippen molar-refractivity contribution in [2.75, 3.05) is 13.1 Å². The van der Waals surface area contributed by atoms with Crippen molar-refractivity contribution < 1.29 is 4.79 Å². The molecule has 2 heterocycles. The Morgan fingerprint density at radius 2 is 2.38 bits per heavy atom. The number of H-pyrrole nitrogens is 1. The Labute approximate surface area is 106 Å². The van der Waals surface area contributed by atoms with Crippen molar-refractivity contribution in [1.29, 1.82) is 0 Å². The summed E-state index contributed by atoms with van der Waals surface area (Å²) < 4.78 is 0. The van der Waals surface area contributed by atoms with Crippen LogP contribution in [0.5, 0.6) is 0 Å². The zero-order valence-electron chi connectivity index (χ0n) is 8.75. The smallest absolute Gasteiger partial charge is 0.268 e. The molecule has 0 aliphatic carbocycles. The Kier molecular flexibility index (Phi) is 5.12. The molecule has 90 valence electrons. The number of aromatic amines is 1. The SMILES string of the molecule is Cl.O=C(N[C@@H]1CCCNC1)c1cc(Cl)c[nH]1. The number of carbonyl (C=O) groups is 1. The topological polar surface area (TPSA) is 56.9 Å². The standard InChI is InChI=1S/C10H14ClN3O.ClH/c11-7-4-9(13-5-7)10(15)14-8-2-1-3-12-6-8;/h4-5,8,12-13H,1-3,6H2,(H,14,15);1H/t8-;/m1./s1. The third-order valence-corrected chi connectivity index (χ3v) is 2.74. The highest BCUT2D eigenvalue weighted by Gasteiger charge is 2.16. The van der Waals surface area contributed by atoms with Crippen LogP contribution in [0.2, 0.25) is 5.02 Å². The monoisotopic (exact) mass is 263 g/mol. The van der Waals surface area contributed by atoms with Gasteiger partial charge in [-0.05, 0) is 25.5 Å². The first-order valence-electron chi connectivity index (χ1n) is 5.11. The van der Waals surface area contributed by atoms with E-state index in [1.807, 2.05) is 0 Å². The first-order chi connectivity index (χ1) is 7.25. The summed E-state index contributed by atoms with van der Waals surface area (Å²) >= 11 is 5.72. The van der Waals surface area contributed by atoms with Gasteiger partial charge in [0.2, 0.25) is 0 Å². The molecule has 0 spiro atoms. The predicted octanol–water partition coefficient (Wildman–Crippen LogP) is 1.57. The van der Waals surface area contributed by atoms with Crippen molar-refractivity contribution in [2.24, 2.45) is 0 Å². The summed E-state index contributed by atoms with van der Waals surface area (Å²) in [5.74, 6) is -0.0874. The highest BCUT2D eigenvalue weighted by Crippen LogP contribution is 2.10. The van der Waals surface area contributed by atoms with E-state index in [0.717, 1.165) is 25.9 Å². The molecule has 1 fully saturated rings. The van der Waals surface area contributed by atoms with E-state index in [2.05, 4.69) is 15.6 Å². The maximum atomic E-state index is 11.7. The van der Waals surface area contributed by atoms with E-state index in [9.17, 15) is 4.79 Å². The van der Waals surface area contributed by atoms with Gasteiger partial charge in [0.25, 0.3) is 5.91 Å². The summed E-state index contributed by atoms with van der Waals surface area (Å²) in [4.78, 5) is 14.5. The molecule has 3 N–H and O–H groups in total. The van der Waals surface area contributed by atoms with E-state index in [-0.39, 0.29) is 24.4 Å². The fourth-order valence-corrected chi connectivity index (χ4v) is 1.90. The molecule has 4 nitrogen and oxygen atoms in total. The quantitative estimate of drug-likeness (QED) is 0.759. The Hall–Kier alpha value is -0.710. The van der Waals surface area contributed by atoms with Gasteiger partial charge < -0.3 is 15.6 Å². The van der Waals surface area contributed by atoms with E-state index in [1.165, 1.54) is 0 Å². The van der Waals surface area contributed by atoms with E-state index < -0.39 is 0 Å². The predicted molar refractivity (Wildman–Crippen MR) is 66.4 cm³/mol. The van der Waals surface area contributed by atoms with Gasteiger partial charge in [-0.3, -0.25) is 4.79 Å². The van der Waals surface area contributed by atoms with Crippen LogP contribution < -0.4 is 10.6 Å². The minimum Gasteiger partial charge on any atom is -0.356 e. The summed E-state index contributed by atoms with van der Waals surface area (Å²) in [5, 5.41) is 6.76. The Bertz CT molecular complexity index is 348.